The van der Waals surface area contributed by atoms with Crippen LogP contribution in [-0.2, 0) is 4.79 Å². The van der Waals surface area contributed by atoms with Gasteiger partial charge in [-0.15, -0.1) is 0 Å². The highest BCUT2D eigenvalue weighted by Gasteiger charge is 2.19. The van der Waals surface area contributed by atoms with E-state index in [1.165, 1.54) is 11.7 Å². The molecule has 1 heterocycles. The smallest absolute Gasteiger partial charge is 0.266 e. The monoisotopic (exact) mass is 490 g/mol. The quantitative estimate of drug-likeness (QED) is 0.303. The van der Waals surface area contributed by atoms with E-state index in [2.05, 4.69) is 16.4 Å². The molecule has 0 radical (unpaired) electrons. The van der Waals surface area contributed by atoms with E-state index < -0.39 is 0 Å². The van der Waals surface area contributed by atoms with Crippen LogP contribution in [0.25, 0.3) is 16.6 Å². The highest BCUT2D eigenvalue weighted by molar-refractivity contribution is 7.99. The van der Waals surface area contributed by atoms with Gasteiger partial charge in [0.2, 0.25) is 5.91 Å². The van der Waals surface area contributed by atoms with Gasteiger partial charge in [-0.05, 0) is 42.8 Å². The molecule has 1 amide bonds. The maximum Gasteiger partial charge on any atom is 0.266 e. The Morgan fingerprint density at radius 3 is 2.71 bits per heavy atom. The molecule has 0 saturated carbocycles. The number of para-hydroxylation sites is 2. The Morgan fingerprint density at radius 1 is 1.21 bits per heavy atom. The van der Waals surface area contributed by atoms with Crippen LogP contribution in [0.5, 0.6) is 5.75 Å². The maximum absolute atomic E-state index is 13.5. The molecule has 1 N–H and O–H groups in total. The largest absolute Gasteiger partial charge is 0.495 e. The number of hydrogen-bond acceptors (Lipinski definition) is 6. The molecule has 0 atom stereocenters. The van der Waals surface area contributed by atoms with Crippen molar-refractivity contribution in [3.8, 4) is 17.5 Å². The van der Waals surface area contributed by atoms with Gasteiger partial charge in [-0.3, -0.25) is 14.2 Å². The number of fused-ring (bicyclic) bond motifs is 1. The lowest BCUT2D eigenvalue weighted by Gasteiger charge is -2.17. The van der Waals surface area contributed by atoms with Crippen LogP contribution in [-0.4, -0.2) is 28.3 Å². The second-order valence-corrected chi connectivity index (χ2v) is 8.67. The number of amides is 1. The first-order valence-electron chi connectivity index (χ1n) is 10.2. The number of nitriles is 1. The molecule has 3 aromatic carbocycles. The Kier molecular flexibility index (Phi) is 6.87. The number of rotatable bonds is 6. The molecule has 4 aromatic rings. The second kappa shape index (κ2) is 10.00. The van der Waals surface area contributed by atoms with Gasteiger partial charge in [-0.1, -0.05) is 47.6 Å². The Labute approximate surface area is 205 Å². The van der Waals surface area contributed by atoms with Gasteiger partial charge in [-0.2, -0.15) is 5.26 Å². The summed E-state index contributed by atoms with van der Waals surface area (Å²) in [7, 11) is 1.50. The average molecular weight is 491 g/mol. The van der Waals surface area contributed by atoms with Crippen LogP contribution in [0.15, 0.2) is 70.6 Å². The lowest BCUT2D eigenvalue weighted by Crippen LogP contribution is -2.23. The minimum absolute atomic E-state index is 0.0283. The van der Waals surface area contributed by atoms with Crippen LogP contribution in [0.1, 0.15) is 11.1 Å². The third-order valence-electron chi connectivity index (χ3n) is 5.10. The number of thioether (sulfide) groups is 1. The molecule has 0 spiro atoms. The molecule has 7 nitrogen and oxygen atoms in total. The van der Waals surface area contributed by atoms with Crippen molar-refractivity contribution in [2.45, 2.75) is 12.1 Å². The minimum atomic E-state index is -0.332. The molecule has 170 valence electrons. The van der Waals surface area contributed by atoms with Gasteiger partial charge >= 0.3 is 0 Å². The molecule has 0 saturated heterocycles. The van der Waals surface area contributed by atoms with Crippen LogP contribution in [0, 0.1) is 18.3 Å². The molecule has 0 unspecified atom stereocenters. The van der Waals surface area contributed by atoms with E-state index in [-0.39, 0.29) is 17.2 Å². The van der Waals surface area contributed by atoms with Crippen molar-refractivity contribution in [3.63, 3.8) is 0 Å². The van der Waals surface area contributed by atoms with Gasteiger partial charge in [0.15, 0.2) is 5.16 Å². The van der Waals surface area contributed by atoms with Crippen LogP contribution in [0.4, 0.5) is 5.69 Å². The fourth-order valence-electron chi connectivity index (χ4n) is 3.41. The van der Waals surface area contributed by atoms with E-state index >= 15 is 0 Å². The number of aromatic nitrogens is 2. The molecular weight excluding hydrogens is 472 g/mol. The molecular formula is C25H19ClN4O3S. The number of nitrogens with one attached hydrogen (secondary N) is 1. The number of ether oxygens (including phenoxy) is 1. The summed E-state index contributed by atoms with van der Waals surface area (Å²) in [6.07, 6.45) is 0. The summed E-state index contributed by atoms with van der Waals surface area (Å²) in [5, 5.41) is 13.3. The van der Waals surface area contributed by atoms with Crippen molar-refractivity contribution in [2.75, 3.05) is 18.2 Å². The number of carbonyl (C=O) groups excluding carboxylic acids is 1. The molecule has 0 fully saturated rings. The molecule has 0 bridgehead atoms. The summed E-state index contributed by atoms with van der Waals surface area (Å²) in [6, 6.07) is 19.2. The summed E-state index contributed by atoms with van der Waals surface area (Å²) in [5.41, 5.74) is 2.26. The third kappa shape index (κ3) is 4.62. The molecule has 0 aliphatic heterocycles. The first-order chi connectivity index (χ1) is 16.4. The summed E-state index contributed by atoms with van der Waals surface area (Å²) in [6.45, 7) is 1.83. The van der Waals surface area contributed by atoms with Crippen molar-refractivity contribution < 1.29 is 9.53 Å². The van der Waals surface area contributed by atoms with Gasteiger partial charge < -0.3 is 10.1 Å². The zero-order chi connectivity index (χ0) is 24.2. The SMILES string of the molecule is COc1cc(Cl)c(C)cc1-n1c(SCC(=O)Nc2ccccc2C#N)nc2ccccc2c1=O. The summed E-state index contributed by atoms with van der Waals surface area (Å²) in [4.78, 5) is 30.8. The first-order valence-corrected chi connectivity index (χ1v) is 11.6. The first kappa shape index (κ1) is 23.4. The zero-order valence-electron chi connectivity index (χ0n) is 18.3. The standard InChI is InChI=1S/C25H19ClN4O3S/c1-15-11-21(22(33-2)12-18(15)26)30-24(32)17-8-4-6-10-20(17)29-25(30)34-14-23(31)28-19-9-5-3-7-16(19)13-27/h3-12H,14H2,1-2H3,(H,28,31). The number of halogens is 1. The highest BCUT2D eigenvalue weighted by atomic mass is 35.5. The number of anilines is 1. The van der Waals surface area contributed by atoms with Crippen molar-refractivity contribution >= 4 is 45.9 Å². The number of hydrogen-bond donors (Lipinski definition) is 1. The lowest BCUT2D eigenvalue weighted by molar-refractivity contribution is -0.113. The van der Waals surface area contributed by atoms with Gasteiger partial charge in [0.1, 0.15) is 11.8 Å². The summed E-state index contributed by atoms with van der Waals surface area (Å²) >= 11 is 7.38. The van der Waals surface area contributed by atoms with Crippen molar-refractivity contribution in [3.05, 3.63) is 87.2 Å². The van der Waals surface area contributed by atoms with Gasteiger partial charge in [0.05, 0.1) is 40.7 Å². The minimum Gasteiger partial charge on any atom is -0.495 e. The molecule has 34 heavy (non-hydrogen) atoms. The lowest BCUT2D eigenvalue weighted by atomic mass is 10.2. The Hall–Kier alpha value is -3.80. The van der Waals surface area contributed by atoms with E-state index in [0.29, 0.717) is 43.8 Å². The average Bonchev–Trinajstić information content (AvgIpc) is 2.85. The Balaban J connectivity index is 1.76. The third-order valence-corrected chi connectivity index (χ3v) is 6.45. The predicted octanol–water partition coefficient (Wildman–Crippen LogP) is 4.96. The van der Waals surface area contributed by atoms with Crippen molar-refractivity contribution in [2.24, 2.45) is 0 Å². The van der Waals surface area contributed by atoms with Crippen LogP contribution >= 0.6 is 23.4 Å². The van der Waals surface area contributed by atoms with Gasteiger partial charge in [0, 0.05) is 11.1 Å². The van der Waals surface area contributed by atoms with Crippen LogP contribution in [0.2, 0.25) is 5.02 Å². The fourth-order valence-corrected chi connectivity index (χ4v) is 4.37. The normalized spacial score (nSPS) is 10.6. The van der Waals surface area contributed by atoms with Gasteiger partial charge in [-0.25, -0.2) is 4.98 Å². The fraction of sp³-hybridized carbons (Fsp3) is 0.120. The number of carbonyl (C=O) groups is 1. The number of aryl methyl sites for hydroxylation is 1. The van der Waals surface area contributed by atoms with E-state index in [1.807, 2.05) is 6.92 Å². The van der Waals surface area contributed by atoms with Crippen LogP contribution < -0.4 is 15.6 Å². The molecule has 9 heteroatoms. The predicted molar refractivity (Wildman–Crippen MR) is 134 cm³/mol. The Morgan fingerprint density at radius 2 is 1.94 bits per heavy atom. The molecule has 0 aliphatic rings. The van der Waals surface area contributed by atoms with Crippen molar-refractivity contribution in [1.82, 2.24) is 9.55 Å². The highest BCUT2D eigenvalue weighted by Crippen LogP contribution is 2.32. The molecule has 0 aliphatic carbocycles. The molecule has 1 aromatic heterocycles. The number of nitrogens with zero attached hydrogens (tertiary/aromatic N) is 3. The summed E-state index contributed by atoms with van der Waals surface area (Å²) < 4.78 is 6.93. The Bertz CT molecular complexity index is 1510. The van der Waals surface area contributed by atoms with E-state index in [1.54, 1.807) is 60.7 Å². The number of benzene rings is 3. The number of methoxy groups -OCH3 is 1. The summed E-state index contributed by atoms with van der Waals surface area (Å²) in [5.74, 6) is 0.0457. The topological polar surface area (TPSA) is 97.0 Å². The van der Waals surface area contributed by atoms with E-state index in [4.69, 9.17) is 16.3 Å². The van der Waals surface area contributed by atoms with E-state index in [0.717, 1.165) is 17.3 Å². The maximum atomic E-state index is 13.5. The van der Waals surface area contributed by atoms with Crippen LogP contribution in [0.3, 0.4) is 0 Å². The van der Waals surface area contributed by atoms with Gasteiger partial charge in [0.25, 0.3) is 5.56 Å². The molecule has 4 rings (SSSR count). The van der Waals surface area contributed by atoms with Crippen molar-refractivity contribution in [1.29, 1.82) is 5.26 Å². The zero-order valence-corrected chi connectivity index (χ0v) is 19.9. The second-order valence-electron chi connectivity index (χ2n) is 7.32. The van der Waals surface area contributed by atoms with E-state index in [9.17, 15) is 14.9 Å².